The molecule has 0 radical (unpaired) electrons. The standard InChI is InChI=1S/C19H21N3O2S/c1-5-14-9-15-18(25-14)20-13(4)22(19(15)24)10-16(23)21-17-11(2)7-6-8-12(17)3/h6-9H,5,10H2,1-4H3,(H,21,23). The topological polar surface area (TPSA) is 64.0 Å². The monoisotopic (exact) mass is 355 g/mol. The van der Waals surface area contributed by atoms with Gasteiger partial charge in [0.25, 0.3) is 5.56 Å². The molecule has 3 aromatic rings. The smallest absolute Gasteiger partial charge is 0.262 e. The highest BCUT2D eigenvalue weighted by Gasteiger charge is 2.15. The van der Waals surface area contributed by atoms with Gasteiger partial charge in [-0.25, -0.2) is 4.98 Å². The van der Waals surface area contributed by atoms with E-state index < -0.39 is 0 Å². The first-order chi connectivity index (χ1) is 11.9. The van der Waals surface area contributed by atoms with Gasteiger partial charge < -0.3 is 5.32 Å². The number of rotatable bonds is 4. The molecular formula is C19H21N3O2S. The molecule has 0 saturated carbocycles. The number of aryl methyl sites for hydroxylation is 4. The fourth-order valence-corrected chi connectivity index (χ4v) is 3.87. The number of anilines is 1. The van der Waals surface area contributed by atoms with E-state index in [2.05, 4.69) is 10.3 Å². The molecule has 0 aliphatic carbocycles. The van der Waals surface area contributed by atoms with Crippen LogP contribution in [0.5, 0.6) is 0 Å². The van der Waals surface area contributed by atoms with Crippen LogP contribution < -0.4 is 10.9 Å². The Morgan fingerprint density at radius 3 is 2.56 bits per heavy atom. The number of nitrogens with zero attached hydrogens (tertiary/aromatic N) is 2. The number of hydrogen-bond donors (Lipinski definition) is 1. The van der Waals surface area contributed by atoms with Crippen molar-refractivity contribution in [2.45, 2.75) is 40.7 Å². The summed E-state index contributed by atoms with van der Waals surface area (Å²) in [6.45, 7) is 7.67. The molecule has 1 amide bonds. The number of amides is 1. The zero-order valence-electron chi connectivity index (χ0n) is 14.8. The van der Waals surface area contributed by atoms with Crippen molar-refractivity contribution < 1.29 is 4.79 Å². The minimum atomic E-state index is -0.227. The number of carbonyl (C=O) groups is 1. The van der Waals surface area contributed by atoms with Crippen LogP contribution in [0.1, 0.15) is 28.8 Å². The van der Waals surface area contributed by atoms with Crippen molar-refractivity contribution >= 4 is 33.1 Å². The summed E-state index contributed by atoms with van der Waals surface area (Å²) in [4.78, 5) is 31.6. The van der Waals surface area contributed by atoms with E-state index in [4.69, 9.17) is 0 Å². The third-order valence-corrected chi connectivity index (χ3v) is 5.46. The second-order valence-corrected chi connectivity index (χ2v) is 7.27. The highest BCUT2D eigenvalue weighted by molar-refractivity contribution is 7.18. The van der Waals surface area contributed by atoms with E-state index in [-0.39, 0.29) is 18.0 Å². The molecule has 0 fully saturated rings. The van der Waals surface area contributed by atoms with Crippen molar-refractivity contribution in [1.82, 2.24) is 9.55 Å². The van der Waals surface area contributed by atoms with Crippen LogP contribution in [-0.4, -0.2) is 15.5 Å². The average molecular weight is 355 g/mol. The van der Waals surface area contributed by atoms with Crippen molar-refractivity contribution in [3.05, 3.63) is 56.4 Å². The lowest BCUT2D eigenvalue weighted by molar-refractivity contribution is -0.116. The van der Waals surface area contributed by atoms with Gasteiger partial charge in [-0.05, 0) is 44.4 Å². The number of benzene rings is 1. The third-order valence-electron chi connectivity index (χ3n) is 4.29. The molecule has 5 nitrogen and oxygen atoms in total. The molecule has 0 aliphatic rings. The van der Waals surface area contributed by atoms with Crippen molar-refractivity contribution in [3.63, 3.8) is 0 Å². The molecule has 0 spiro atoms. The third kappa shape index (κ3) is 3.35. The normalized spacial score (nSPS) is 11.0. The van der Waals surface area contributed by atoms with Crippen LogP contribution in [0.25, 0.3) is 10.2 Å². The van der Waals surface area contributed by atoms with Crippen molar-refractivity contribution in [1.29, 1.82) is 0 Å². The summed E-state index contributed by atoms with van der Waals surface area (Å²) in [5, 5.41) is 3.51. The summed E-state index contributed by atoms with van der Waals surface area (Å²) in [6, 6.07) is 7.74. The Bertz CT molecular complexity index is 997. The minimum Gasteiger partial charge on any atom is -0.324 e. The SMILES string of the molecule is CCc1cc2c(=O)n(CC(=O)Nc3c(C)cccc3C)c(C)nc2s1. The molecule has 0 aliphatic heterocycles. The second kappa shape index (κ2) is 6.80. The van der Waals surface area contributed by atoms with E-state index in [1.165, 1.54) is 15.9 Å². The molecule has 0 bridgehead atoms. The van der Waals surface area contributed by atoms with E-state index in [0.717, 1.165) is 32.9 Å². The van der Waals surface area contributed by atoms with Crippen LogP contribution in [0.15, 0.2) is 29.1 Å². The van der Waals surface area contributed by atoms with Crippen molar-refractivity contribution in [2.24, 2.45) is 0 Å². The predicted molar refractivity (Wildman–Crippen MR) is 103 cm³/mol. The zero-order valence-corrected chi connectivity index (χ0v) is 15.7. The lowest BCUT2D eigenvalue weighted by atomic mass is 10.1. The van der Waals surface area contributed by atoms with Crippen LogP contribution >= 0.6 is 11.3 Å². The van der Waals surface area contributed by atoms with Gasteiger partial charge in [-0.1, -0.05) is 25.1 Å². The maximum Gasteiger partial charge on any atom is 0.262 e. The van der Waals surface area contributed by atoms with E-state index in [1.807, 2.05) is 45.0 Å². The summed E-state index contributed by atoms with van der Waals surface area (Å²) in [5.41, 5.74) is 2.64. The van der Waals surface area contributed by atoms with E-state index in [9.17, 15) is 9.59 Å². The Morgan fingerprint density at radius 2 is 1.92 bits per heavy atom. The summed E-state index contributed by atoms with van der Waals surface area (Å²) < 4.78 is 1.44. The van der Waals surface area contributed by atoms with E-state index >= 15 is 0 Å². The van der Waals surface area contributed by atoms with Gasteiger partial charge in [0, 0.05) is 10.6 Å². The van der Waals surface area contributed by atoms with Crippen LogP contribution in [0.3, 0.4) is 0 Å². The first-order valence-corrected chi connectivity index (χ1v) is 9.08. The van der Waals surface area contributed by atoms with Crippen LogP contribution in [0, 0.1) is 20.8 Å². The number of para-hydroxylation sites is 1. The first-order valence-electron chi connectivity index (χ1n) is 8.26. The molecule has 1 aromatic carbocycles. The molecule has 2 heterocycles. The molecule has 3 rings (SSSR count). The molecule has 130 valence electrons. The number of thiophene rings is 1. The highest BCUT2D eigenvalue weighted by atomic mass is 32.1. The lowest BCUT2D eigenvalue weighted by Gasteiger charge is -2.13. The number of fused-ring (bicyclic) bond motifs is 1. The number of nitrogens with one attached hydrogen (secondary N) is 1. The van der Waals surface area contributed by atoms with Crippen LogP contribution in [0.4, 0.5) is 5.69 Å². The van der Waals surface area contributed by atoms with Gasteiger partial charge in [-0.15, -0.1) is 11.3 Å². The van der Waals surface area contributed by atoms with E-state index in [1.54, 1.807) is 6.92 Å². The lowest BCUT2D eigenvalue weighted by Crippen LogP contribution is -2.30. The number of hydrogen-bond acceptors (Lipinski definition) is 4. The molecule has 25 heavy (non-hydrogen) atoms. The first kappa shape index (κ1) is 17.4. The second-order valence-electron chi connectivity index (χ2n) is 6.15. The number of carbonyl (C=O) groups excluding carboxylic acids is 1. The maximum absolute atomic E-state index is 12.7. The molecule has 0 saturated heterocycles. The van der Waals surface area contributed by atoms with Gasteiger partial charge in [0.15, 0.2) is 0 Å². The Kier molecular flexibility index (Phi) is 4.72. The van der Waals surface area contributed by atoms with Gasteiger partial charge in [0.2, 0.25) is 5.91 Å². The Labute approximate surface area is 150 Å². The van der Waals surface area contributed by atoms with Crippen LogP contribution in [-0.2, 0) is 17.8 Å². The molecular weight excluding hydrogens is 334 g/mol. The van der Waals surface area contributed by atoms with Gasteiger partial charge in [0.1, 0.15) is 17.2 Å². The highest BCUT2D eigenvalue weighted by Crippen LogP contribution is 2.22. The summed E-state index contributed by atoms with van der Waals surface area (Å²) >= 11 is 1.53. The Hall–Kier alpha value is -2.47. The van der Waals surface area contributed by atoms with Gasteiger partial charge in [-0.3, -0.25) is 14.2 Å². The van der Waals surface area contributed by atoms with E-state index in [0.29, 0.717) is 11.2 Å². The Morgan fingerprint density at radius 1 is 1.24 bits per heavy atom. The molecule has 2 aromatic heterocycles. The van der Waals surface area contributed by atoms with Crippen molar-refractivity contribution in [3.8, 4) is 0 Å². The van der Waals surface area contributed by atoms with Gasteiger partial charge >= 0.3 is 0 Å². The molecule has 6 heteroatoms. The summed E-state index contributed by atoms with van der Waals surface area (Å²) in [7, 11) is 0. The molecule has 1 N–H and O–H groups in total. The molecule has 0 atom stereocenters. The maximum atomic E-state index is 12.7. The zero-order chi connectivity index (χ0) is 18.1. The summed E-state index contributed by atoms with van der Waals surface area (Å²) in [6.07, 6.45) is 0.868. The van der Waals surface area contributed by atoms with Gasteiger partial charge in [-0.2, -0.15) is 0 Å². The fraction of sp³-hybridized carbons (Fsp3) is 0.316. The minimum absolute atomic E-state index is 0.0430. The fourth-order valence-electron chi connectivity index (χ4n) is 2.86. The number of aromatic nitrogens is 2. The molecule has 0 unspecified atom stereocenters. The van der Waals surface area contributed by atoms with Gasteiger partial charge in [0.05, 0.1) is 5.39 Å². The Balaban J connectivity index is 1.92. The predicted octanol–water partition coefficient (Wildman–Crippen LogP) is 3.58. The van der Waals surface area contributed by atoms with Crippen molar-refractivity contribution in [2.75, 3.05) is 5.32 Å². The van der Waals surface area contributed by atoms with Crippen LogP contribution in [0.2, 0.25) is 0 Å². The average Bonchev–Trinajstić information content (AvgIpc) is 2.98. The summed E-state index contributed by atoms with van der Waals surface area (Å²) in [5.74, 6) is 0.327. The quantitative estimate of drug-likeness (QED) is 0.778. The largest absolute Gasteiger partial charge is 0.324 e.